The van der Waals surface area contributed by atoms with Gasteiger partial charge in [0.1, 0.15) is 5.58 Å². The van der Waals surface area contributed by atoms with Crippen LogP contribution in [-0.2, 0) is 0 Å². The molecule has 0 saturated carbocycles. The lowest BCUT2D eigenvalue weighted by Gasteiger charge is -2.15. The zero-order valence-electron chi connectivity index (χ0n) is 14.2. The Kier molecular flexibility index (Phi) is 4.72. The molecule has 1 unspecified atom stereocenters. The fourth-order valence-corrected chi connectivity index (χ4v) is 3.00. The van der Waals surface area contributed by atoms with Crippen molar-refractivity contribution in [3.63, 3.8) is 0 Å². The van der Waals surface area contributed by atoms with Crippen LogP contribution in [0.15, 0.2) is 44.4 Å². The summed E-state index contributed by atoms with van der Waals surface area (Å²) >= 11 is 1.50. The van der Waals surface area contributed by atoms with Gasteiger partial charge in [-0.1, -0.05) is 6.92 Å². The smallest absolute Gasteiger partial charge is 0.335 e. The number of ether oxygens (including phenoxy) is 1. The summed E-state index contributed by atoms with van der Waals surface area (Å²) in [6.45, 7) is 3.97. The van der Waals surface area contributed by atoms with E-state index in [2.05, 4.69) is 0 Å². The highest BCUT2D eigenvalue weighted by Gasteiger charge is 2.16. The van der Waals surface area contributed by atoms with E-state index in [4.69, 9.17) is 14.3 Å². The van der Waals surface area contributed by atoms with Crippen molar-refractivity contribution in [1.82, 2.24) is 0 Å². The average Bonchev–Trinajstić information content (AvgIpc) is 2.61. The largest absolute Gasteiger partial charge is 0.487 e. The van der Waals surface area contributed by atoms with Crippen molar-refractivity contribution in [3.8, 4) is 5.75 Å². The van der Waals surface area contributed by atoms with Crippen molar-refractivity contribution >= 4 is 39.7 Å². The Morgan fingerprint density at radius 3 is 2.68 bits per heavy atom. The molecule has 2 aromatic carbocycles. The number of carboxylic acid groups (broad SMARTS) is 1. The first-order valence-corrected chi connectivity index (χ1v) is 9.15. The van der Waals surface area contributed by atoms with E-state index in [1.54, 1.807) is 6.07 Å². The van der Waals surface area contributed by atoms with Gasteiger partial charge in [-0.05, 0) is 49.9 Å². The summed E-state index contributed by atoms with van der Waals surface area (Å²) in [5.41, 5.74) is 0.521. The molecule has 0 radical (unpaired) electrons. The number of hydrogen-bond acceptors (Lipinski definition) is 5. The second kappa shape index (κ2) is 6.80. The molecule has 0 aliphatic heterocycles. The fourth-order valence-electron chi connectivity index (χ4n) is 2.54. The molecule has 1 heterocycles. The van der Waals surface area contributed by atoms with Crippen molar-refractivity contribution < 1.29 is 19.1 Å². The number of fused-ring (bicyclic) bond motifs is 2. The van der Waals surface area contributed by atoms with E-state index in [0.29, 0.717) is 22.3 Å². The van der Waals surface area contributed by atoms with Crippen molar-refractivity contribution in [2.45, 2.75) is 31.3 Å². The highest BCUT2D eigenvalue weighted by atomic mass is 32.2. The molecule has 3 rings (SSSR count). The molecule has 0 bridgehead atoms. The lowest BCUT2D eigenvalue weighted by Crippen LogP contribution is -2.11. The van der Waals surface area contributed by atoms with Gasteiger partial charge in [0.25, 0.3) is 0 Å². The first-order chi connectivity index (χ1) is 11.9. The van der Waals surface area contributed by atoms with Crippen LogP contribution in [0.2, 0.25) is 0 Å². The van der Waals surface area contributed by atoms with Crippen LogP contribution in [0.4, 0.5) is 0 Å². The molecule has 0 saturated heterocycles. The van der Waals surface area contributed by atoms with Crippen molar-refractivity contribution in [2.24, 2.45) is 0 Å². The quantitative estimate of drug-likeness (QED) is 0.533. The lowest BCUT2D eigenvalue weighted by molar-refractivity contribution is 0.0697. The minimum absolute atomic E-state index is 0.0179. The van der Waals surface area contributed by atoms with Crippen molar-refractivity contribution in [3.05, 3.63) is 46.1 Å². The fraction of sp³-hybridized carbons (Fsp3) is 0.263. The molecule has 0 spiro atoms. The average molecular weight is 358 g/mol. The first kappa shape index (κ1) is 17.4. The third kappa shape index (κ3) is 3.22. The number of rotatable bonds is 5. The Morgan fingerprint density at radius 2 is 2.04 bits per heavy atom. The van der Waals surface area contributed by atoms with E-state index in [9.17, 15) is 9.59 Å². The van der Waals surface area contributed by atoms with Crippen LogP contribution in [0.25, 0.3) is 21.9 Å². The molecule has 6 heteroatoms. The number of benzene rings is 2. The molecule has 5 nitrogen and oxygen atoms in total. The van der Waals surface area contributed by atoms with E-state index < -0.39 is 5.97 Å². The predicted molar refractivity (Wildman–Crippen MR) is 99.1 cm³/mol. The Bertz CT molecular complexity index is 1020. The minimum atomic E-state index is -1.08. The van der Waals surface area contributed by atoms with Crippen LogP contribution < -0.4 is 10.2 Å². The molecular formula is C19H18O5S. The zero-order chi connectivity index (χ0) is 18.1. The topological polar surface area (TPSA) is 76.7 Å². The van der Waals surface area contributed by atoms with Gasteiger partial charge < -0.3 is 14.3 Å². The molecule has 3 aromatic rings. The van der Waals surface area contributed by atoms with Gasteiger partial charge >= 0.3 is 5.97 Å². The van der Waals surface area contributed by atoms with Gasteiger partial charge in [-0.25, -0.2) is 4.79 Å². The van der Waals surface area contributed by atoms with Gasteiger partial charge in [0.15, 0.2) is 11.3 Å². The molecule has 130 valence electrons. The van der Waals surface area contributed by atoms with Gasteiger partial charge in [-0.3, -0.25) is 4.79 Å². The Balaban J connectivity index is 2.35. The maximum atomic E-state index is 12.9. The Labute approximate surface area is 148 Å². The normalized spacial score (nSPS) is 12.4. The molecule has 0 amide bonds. The number of hydrogen-bond donors (Lipinski definition) is 1. The Hall–Kier alpha value is -2.47. The number of carboxylic acids is 1. The van der Waals surface area contributed by atoms with Gasteiger partial charge in [-0.15, -0.1) is 11.8 Å². The molecule has 1 N–H and O–H groups in total. The monoisotopic (exact) mass is 358 g/mol. The third-order valence-electron chi connectivity index (χ3n) is 4.09. The van der Waals surface area contributed by atoms with Crippen LogP contribution >= 0.6 is 11.8 Å². The second-order valence-electron chi connectivity index (χ2n) is 5.79. The van der Waals surface area contributed by atoms with Gasteiger partial charge in [0, 0.05) is 4.90 Å². The summed E-state index contributed by atoms with van der Waals surface area (Å²) in [5.74, 6) is -0.558. The van der Waals surface area contributed by atoms with Crippen LogP contribution in [0.3, 0.4) is 0 Å². The zero-order valence-corrected chi connectivity index (χ0v) is 15.0. The summed E-state index contributed by atoms with van der Waals surface area (Å²) in [5, 5.41) is 9.78. The van der Waals surface area contributed by atoms with E-state index >= 15 is 0 Å². The van der Waals surface area contributed by atoms with Crippen molar-refractivity contribution in [2.75, 3.05) is 6.26 Å². The molecule has 0 aliphatic rings. The maximum absolute atomic E-state index is 12.9. The lowest BCUT2D eigenvalue weighted by atomic mass is 10.1. The highest BCUT2D eigenvalue weighted by molar-refractivity contribution is 7.98. The molecule has 1 atom stereocenters. The Morgan fingerprint density at radius 1 is 1.28 bits per heavy atom. The molecule has 25 heavy (non-hydrogen) atoms. The van der Waals surface area contributed by atoms with Crippen LogP contribution in [-0.4, -0.2) is 23.4 Å². The second-order valence-corrected chi connectivity index (χ2v) is 6.67. The van der Waals surface area contributed by atoms with Gasteiger partial charge in [-0.2, -0.15) is 0 Å². The number of carbonyl (C=O) groups is 1. The third-order valence-corrected chi connectivity index (χ3v) is 4.80. The van der Waals surface area contributed by atoms with E-state index in [0.717, 1.165) is 11.3 Å². The minimum Gasteiger partial charge on any atom is -0.487 e. The maximum Gasteiger partial charge on any atom is 0.335 e. The van der Waals surface area contributed by atoms with Crippen molar-refractivity contribution in [1.29, 1.82) is 0 Å². The number of thioether (sulfide) groups is 1. The molecule has 1 aromatic heterocycles. The van der Waals surface area contributed by atoms with Crippen LogP contribution in [0, 0.1) is 0 Å². The standard InChI is InChI=1S/C19H18O5S/c1-4-10(2)23-16-9-12(25-3)8-14-17(20)13-7-11(19(21)22)5-6-15(13)24-18(14)16/h5-10H,4H2,1-3H3,(H,21,22). The van der Waals surface area contributed by atoms with Crippen LogP contribution in [0.5, 0.6) is 5.75 Å². The van der Waals surface area contributed by atoms with E-state index in [1.165, 1.54) is 30.0 Å². The molecule has 0 fully saturated rings. The first-order valence-electron chi connectivity index (χ1n) is 7.93. The van der Waals surface area contributed by atoms with E-state index in [-0.39, 0.29) is 22.5 Å². The summed E-state index contributed by atoms with van der Waals surface area (Å²) in [4.78, 5) is 25.0. The SMILES string of the molecule is CCC(C)Oc1cc(SC)cc2c(=O)c3cc(C(=O)O)ccc3oc12. The molecular weight excluding hydrogens is 340 g/mol. The molecule has 0 aliphatic carbocycles. The summed E-state index contributed by atoms with van der Waals surface area (Å²) in [7, 11) is 0. The van der Waals surface area contributed by atoms with Gasteiger partial charge in [0.05, 0.1) is 22.4 Å². The summed E-state index contributed by atoms with van der Waals surface area (Å²) in [6, 6.07) is 7.89. The van der Waals surface area contributed by atoms with Crippen LogP contribution in [0.1, 0.15) is 30.6 Å². The summed E-state index contributed by atoms with van der Waals surface area (Å²) < 4.78 is 11.9. The van der Waals surface area contributed by atoms with E-state index in [1.807, 2.05) is 26.2 Å². The summed E-state index contributed by atoms with van der Waals surface area (Å²) in [6.07, 6.45) is 2.72. The number of aromatic carboxylic acids is 1. The highest BCUT2D eigenvalue weighted by Crippen LogP contribution is 2.33. The predicted octanol–water partition coefficient (Wildman–Crippen LogP) is 4.54. The van der Waals surface area contributed by atoms with Gasteiger partial charge in [0.2, 0.25) is 5.43 Å².